The molecule has 1 saturated heterocycles. The van der Waals surface area contributed by atoms with Crippen molar-refractivity contribution in [1.82, 2.24) is 19.7 Å². The molecule has 1 aliphatic rings. The van der Waals surface area contributed by atoms with Crippen molar-refractivity contribution in [2.24, 2.45) is 0 Å². The molecule has 2 heterocycles. The van der Waals surface area contributed by atoms with Crippen LogP contribution in [-0.4, -0.2) is 58.5 Å². The van der Waals surface area contributed by atoms with E-state index >= 15 is 0 Å². The lowest BCUT2D eigenvalue weighted by Crippen LogP contribution is -2.50. The van der Waals surface area contributed by atoms with Gasteiger partial charge in [-0.05, 0) is 44.2 Å². The average Bonchev–Trinajstić information content (AvgIpc) is 3.22. The topological polar surface area (TPSA) is 75.5 Å². The predicted molar refractivity (Wildman–Crippen MR) is 121 cm³/mol. The van der Waals surface area contributed by atoms with Gasteiger partial charge in [-0.15, -0.1) is 0 Å². The lowest BCUT2D eigenvalue weighted by atomic mass is 10.2. The van der Waals surface area contributed by atoms with Crippen molar-refractivity contribution in [3.8, 4) is 11.4 Å². The van der Waals surface area contributed by atoms with Crippen molar-refractivity contribution in [2.75, 3.05) is 43.0 Å². The average molecular weight is 459 g/mol. The first kappa shape index (κ1) is 21.9. The number of aryl methyl sites for hydroxylation is 1. The minimum Gasteiger partial charge on any atom is -0.492 e. The molecule has 3 aromatic rings. The van der Waals surface area contributed by atoms with Crippen LogP contribution in [0.4, 0.5) is 20.6 Å². The number of carbonyl (C=O) groups is 1. The Kier molecular flexibility index (Phi) is 6.45. The molecule has 0 saturated carbocycles. The summed E-state index contributed by atoms with van der Waals surface area (Å²) in [4.78, 5) is 20.7. The standard InChI is InChI=1S/C22H24ClFN6O2/c1-3-32-21-13-17(5-7-20(21)30-14-25-15(2)27-30)28-8-10-29(11-9-28)22(31)26-16-4-6-19(24)18(23)12-16/h4-7,12-14H,3,8-11H2,1-2H3,(H,26,31). The molecule has 1 aromatic heterocycles. The second kappa shape index (κ2) is 9.44. The SMILES string of the molecule is CCOc1cc(N2CCN(C(=O)Nc3ccc(F)c(Cl)c3)CC2)ccc1-n1cnc(C)n1. The Balaban J connectivity index is 1.41. The number of nitrogens with zero attached hydrogens (tertiary/aromatic N) is 5. The largest absolute Gasteiger partial charge is 0.492 e. The van der Waals surface area contributed by atoms with E-state index in [4.69, 9.17) is 16.3 Å². The van der Waals surface area contributed by atoms with E-state index in [1.165, 1.54) is 18.2 Å². The maximum absolute atomic E-state index is 13.3. The molecule has 2 amide bonds. The lowest BCUT2D eigenvalue weighted by molar-refractivity contribution is 0.208. The number of piperazine rings is 1. The highest BCUT2D eigenvalue weighted by molar-refractivity contribution is 6.31. The lowest BCUT2D eigenvalue weighted by Gasteiger charge is -2.36. The quantitative estimate of drug-likeness (QED) is 0.622. The molecular formula is C22H24ClFN6O2. The maximum atomic E-state index is 13.3. The minimum absolute atomic E-state index is 0.0257. The van der Waals surface area contributed by atoms with Crippen LogP contribution in [0.5, 0.6) is 5.75 Å². The van der Waals surface area contributed by atoms with Crippen molar-refractivity contribution < 1.29 is 13.9 Å². The Morgan fingerprint density at radius 2 is 1.97 bits per heavy atom. The van der Waals surface area contributed by atoms with Gasteiger partial charge >= 0.3 is 6.03 Å². The zero-order chi connectivity index (χ0) is 22.7. The summed E-state index contributed by atoms with van der Waals surface area (Å²) in [6, 6.07) is 9.86. The Hall–Kier alpha value is -3.33. The molecule has 2 aromatic carbocycles. The van der Waals surface area contributed by atoms with Crippen molar-refractivity contribution in [3.05, 3.63) is 59.4 Å². The molecule has 4 rings (SSSR count). The second-order valence-electron chi connectivity index (χ2n) is 7.35. The number of nitrogens with one attached hydrogen (secondary N) is 1. The summed E-state index contributed by atoms with van der Waals surface area (Å²) < 4.78 is 20.9. The second-order valence-corrected chi connectivity index (χ2v) is 7.76. The normalized spacial score (nSPS) is 13.9. The number of anilines is 2. The van der Waals surface area contributed by atoms with Gasteiger partial charge in [-0.1, -0.05) is 11.6 Å². The summed E-state index contributed by atoms with van der Waals surface area (Å²) in [6.45, 7) is 6.76. The first-order valence-electron chi connectivity index (χ1n) is 10.4. The molecule has 0 radical (unpaired) electrons. The van der Waals surface area contributed by atoms with Crippen LogP contribution in [0.3, 0.4) is 0 Å². The molecule has 10 heteroatoms. The minimum atomic E-state index is -0.519. The van der Waals surface area contributed by atoms with E-state index in [0.29, 0.717) is 44.3 Å². The van der Waals surface area contributed by atoms with Gasteiger partial charge < -0.3 is 19.9 Å². The van der Waals surface area contributed by atoms with Gasteiger partial charge in [-0.3, -0.25) is 0 Å². The number of ether oxygens (including phenoxy) is 1. The summed E-state index contributed by atoms with van der Waals surface area (Å²) in [5.41, 5.74) is 2.30. The van der Waals surface area contributed by atoms with Crippen LogP contribution >= 0.6 is 11.6 Å². The smallest absolute Gasteiger partial charge is 0.321 e. The predicted octanol–water partition coefficient (Wildman–Crippen LogP) is 4.12. The fourth-order valence-electron chi connectivity index (χ4n) is 3.57. The molecule has 0 aliphatic carbocycles. The van der Waals surface area contributed by atoms with E-state index < -0.39 is 5.82 Å². The van der Waals surface area contributed by atoms with Gasteiger partial charge in [0.25, 0.3) is 0 Å². The highest BCUT2D eigenvalue weighted by Gasteiger charge is 2.22. The first-order valence-corrected chi connectivity index (χ1v) is 10.7. The molecule has 0 bridgehead atoms. The van der Waals surface area contributed by atoms with E-state index in [9.17, 15) is 9.18 Å². The number of rotatable bonds is 5. The number of carbonyl (C=O) groups excluding carboxylic acids is 1. The van der Waals surface area contributed by atoms with Crippen LogP contribution in [0.2, 0.25) is 5.02 Å². The molecule has 0 spiro atoms. The van der Waals surface area contributed by atoms with Gasteiger partial charge in [0.05, 0.1) is 11.6 Å². The van der Waals surface area contributed by atoms with Gasteiger partial charge in [0.2, 0.25) is 0 Å². The zero-order valence-corrected chi connectivity index (χ0v) is 18.6. The van der Waals surface area contributed by atoms with E-state index in [1.807, 2.05) is 32.0 Å². The van der Waals surface area contributed by atoms with Crippen LogP contribution < -0.4 is 15.0 Å². The van der Waals surface area contributed by atoms with Crippen molar-refractivity contribution in [3.63, 3.8) is 0 Å². The molecule has 0 unspecified atom stereocenters. The third-order valence-electron chi connectivity index (χ3n) is 5.20. The molecule has 168 valence electrons. The van der Waals surface area contributed by atoms with Gasteiger partial charge in [-0.25, -0.2) is 18.9 Å². The third-order valence-corrected chi connectivity index (χ3v) is 5.49. The fraction of sp³-hybridized carbons (Fsp3) is 0.318. The van der Waals surface area contributed by atoms with Crippen LogP contribution in [0.25, 0.3) is 5.69 Å². The number of amides is 2. The summed E-state index contributed by atoms with van der Waals surface area (Å²) in [5, 5.41) is 7.12. The monoisotopic (exact) mass is 458 g/mol. The highest BCUT2D eigenvalue weighted by atomic mass is 35.5. The summed E-state index contributed by atoms with van der Waals surface area (Å²) in [7, 11) is 0. The van der Waals surface area contributed by atoms with Crippen molar-refractivity contribution in [2.45, 2.75) is 13.8 Å². The van der Waals surface area contributed by atoms with Crippen LogP contribution in [-0.2, 0) is 0 Å². The first-order chi connectivity index (χ1) is 15.4. The van der Waals surface area contributed by atoms with Crippen molar-refractivity contribution >= 4 is 29.0 Å². The summed E-state index contributed by atoms with van der Waals surface area (Å²) in [6.07, 6.45) is 1.67. The van der Waals surface area contributed by atoms with Gasteiger partial charge in [0.15, 0.2) is 0 Å². The number of hydrogen-bond donors (Lipinski definition) is 1. The van der Waals surface area contributed by atoms with E-state index in [2.05, 4.69) is 20.3 Å². The molecule has 1 fully saturated rings. The van der Waals surface area contributed by atoms with E-state index in [-0.39, 0.29) is 11.1 Å². The number of aromatic nitrogens is 3. The molecule has 1 aliphatic heterocycles. The third kappa shape index (κ3) is 4.77. The molecule has 8 nitrogen and oxygen atoms in total. The maximum Gasteiger partial charge on any atom is 0.321 e. The Morgan fingerprint density at radius 3 is 2.62 bits per heavy atom. The highest BCUT2D eigenvalue weighted by Crippen LogP contribution is 2.29. The summed E-state index contributed by atoms with van der Waals surface area (Å²) in [5.74, 6) is 0.895. The number of halogens is 2. The van der Waals surface area contributed by atoms with Crippen LogP contribution in [0.1, 0.15) is 12.7 Å². The zero-order valence-electron chi connectivity index (χ0n) is 17.9. The Labute approximate surface area is 190 Å². The molecule has 32 heavy (non-hydrogen) atoms. The van der Waals surface area contributed by atoms with Gasteiger partial charge in [-0.2, -0.15) is 5.10 Å². The molecule has 1 N–H and O–H groups in total. The van der Waals surface area contributed by atoms with Gasteiger partial charge in [0.1, 0.15) is 29.4 Å². The summed E-state index contributed by atoms with van der Waals surface area (Å²) >= 11 is 5.79. The number of urea groups is 1. The van der Waals surface area contributed by atoms with Gasteiger partial charge in [0, 0.05) is 43.6 Å². The number of benzene rings is 2. The number of hydrogen-bond acceptors (Lipinski definition) is 5. The van der Waals surface area contributed by atoms with Crippen LogP contribution in [0.15, 0.2) is 42.7 Å². The molecule has 0 atom stereocenters. The van der Waals surface area contributed by atoms with E-state index in [1.54, 1.807) is 15.9 Å². The molecular weight excluding hydrogens is 435 g/mol. The fourth-order valence-corrected chi connectivity index (χ4v) is 3.75. The Bertz CT molecular complexity index is 1110. The van der Waals surface area contributed by atoms with Crippen molar-refractivity contribution in [1.29, 1.82) is 0 Å². The van der Waals surface area contributed by atoms with E-state index in [0.717, 1.165) is 17.1 Å². The Morgan fingerprint density at radius 1 is 1.19 bits per heavy atom. The van der Waals surface area contributed by atoms with Crippen LogP contribution in [0, 0.1) is 12.7 Å².